The largest absolute Gasteiger partial charge is 0.450 e. The molecule has 0 aliphatic rings. The van der Waals surface area contributed by atoms with Gasteiger partial charge in [0.2, 0.25) is 0 Å². The van der Waals surface area contributed by atoms with Gasteiger partial charge in [0.25, 0.3) is 5.91 Å². The van der Waals surface area contributed by atoms with E-state index in [4.69, 9.17) is 4.42 Å². The first-order chi connectivity index (χ1) is 13.6. The van der Waals surface area contributed by atoms with Crippen molar-refractivity contribution in [3.8, 4) is 0 Å². The highest BCUT2D eigenvalue weighted by molar-refractivity contribution is 5.91. The lowest BCUT2D eigenvalue weighted by atomic mass is 10.1. The van der Waals surface area contributed by atoms with Crippen molar-refractivity contribution in [2.24, 2.45) is 0 Å². The number of quaternary nitrogens is 1. The molecule has 5 heteroatoms. The summed E-state index contributed by atoms with van der Waals surface area (Å²) in [5.41, 5.74) is 2.27. The number of nitrogens with one attached hydrogen (secondary N) is 2. The number of hydrogen-bond donors (Lipinski definition) is 2. The molecule has 0 radical (unpaired) electrons. The Morgan fingerprint density at radius 3 is 2.29 bits per heavy atom. The van der Waals surface area contributed by atoms with Crippen molar-refractivity contribution < 1.29 is 18.5 Å². The number of benzene rings is 2. The number of hydrogen-bond acceptors (Lipinski definition) is 2. The van der Waals surface area contributed by atoms with Gasteiger partial charge >= 0.3 is 0 Å². The molecule has 3 aromatic rings. The molecule has 0 bridgehead atoms. The molecule has 146 valence electrons. The van der Waals surface area contributed by atoms with Crippen molar-refractivity contribution in [2.75, 3.05) is 6.54 Å². The maximum Gasteiger partial charge on any atom is 0.286 e. The molecule has 0 saturated heterocycles. The molecule has 0 saturated carbocycles. The second-order valence-corrected chi connectivity index (χ2v) is 6.91. The molecule has 1 heterocycles. The van der Waals surface area contributed by atoms with Crippen LogP contribution in [0.5, 0.6) is 0 Å². The normalized spacial score (nSPS) is 11.9. The van der Waals surface area contributed by atoms with E-state index in [9.17, 15) is 9.18 Å². The predicted molar refractivity (Wildman–Crippen MR) is 106 cm³/mol. The molecule has 0 aliphatic carbocycles. The molecule has 0 fully saturated rings. The highest BCUT2D eigenvalue weighted by Gasteiger charge is 2.17. The van der Waals surface area contributed by atoms with Crippen molar-refractivity contribution in [3.05, 3.63) is 95.2 Å². The summed E-state index contributed by atoms with van der Waals surface area (Å²) in [7, 11) is 0. The van der Waals surface area contributed by atoms with Gasteiger partial charge in [-0.2, -0.15) is 0 Å². The molecule has 2 aromatic carbocycles. The minimum absolute atomic E-state index is 0.184. The first-order valence-corrected chi connectivity index (χ1v) is 9.63. The summed E-state index contributed by atoms with van der Waals surface area (Å²) in [6.45, 7) is 4.80. The maximum atomic E-state index is 13.2. The van der Waals surface area contributed by atoms with E-state index in [0.717, 1.165) is 30.8 Å². The van der Waals surface area contributed by atoms with Gasteiger partial charge in [0.15, 0.2) is 11.5 Å². The fourth-order valence-electron chi connectivity index (χ4n) is 3.13. The third-order valence-corrected chi connectivity index (χ3v) is 4.51. The average molecular weight is 381 g/mol. The van der Waals surface area contributed by atoms with Crippen molar-refractivity contribution in [1.29, 1.82) is 0 Å². The van der Waals surface area contributed by atoms with Crippen LogP contribution in [0.1, 0.15) is 40.8 Å². The van der Waals surface area contributed by atoms with E-state index >= 15 is 0 Å². The molecule has 0 spiro atoms. The van der Waals surface area contributed by atoms with E-state index in [1.807, 2.05) is 43.3 Å². The molecule has 1 aromatic heterocycles. The summed E-state index contributed by atoms with van der Waals surface area (Å²) in [6, 6.07) is 20.4. The molecular weight excluding hydrogens is 355 g/mol. The van der Waals surface area contributed by atoms with E-state index in [-0.39, 0.29) is 11.7 Å². The lowest BCUT2D eigenvalue weighted by Gasteiger charge is -2.19. The minimum Gasteiger partial charge on any atom is -0.450 e. The van der Waals surface area contributed by atoms with Gasteiger partial charge in [-0.25, -0.2) is 4.39 Å². The number of carbonyl (C=O) groups excluding carboxylic acids is 1. The van der Waals surface area contributed by atoms with Crippen LogP contribution in [-0.4, -0.2) is 12.5 Å². The smallest absolute Gasteiger partial charge is 0.286 e. The first kappa shape index (κ1) is 19.8. The zero-order chi connectivity index (χ0) is 19.8. The van der Waals surface area contributed by atoms with Crippen molar-refractivity contribution in [3.63, 3.8) is 0 Å². The second-order valence-electron chi connectivity index (χ2n) is 6.91. The Hall–Kier alpha value is -2.92. The minimum atomic E-state index is -0.234. The quantitative estimate of drug-likeness (QED) is 0.597. The van der Waals surface area contributed by atoms with Gasteiger partial charge in [0, 0.05) is 17.7 Å². The molecule has 28 heavy (non-hydrogen) atoms. The van der Waals surface area contributed by atoms with E-state index in [1.165, 1.54) is 22.6 Å². The Kier molecular flexibility index (Phi) is 6.98. The fraction of sp³-hybridized carbons (Fsp3) is 0.261. The summed E-state index contributed by atoms with van der Waals surface area (Å²) in [5.74, 6) is 0.678. The highest BCUT2D eigenvalue weighted by Crippen LogP contribution is 2.08. The van der Waals surface area contributed by atoms with Crippen molar-refractivity contribution >= 4 is 5.91 Å². The topological polar surface area (TPSA) is 46.7 Å². The van der Waals surface area contributed by atoms with Gasteiger partial charge in [-0.15, -0.1) is 0 Å². The van der Waals surface area contributed by atoms with Gasteiger partial charge in [-0.3, -0.25) is 4.79 Å². The van der Waals surface area contributed by atoms with Crippen LogP contribution in [0, 0.1) is 5.82 Å². The second kappa shape index (κ2) is 9.85. The molecule has 2 N–H and O–H groups in total. The van der Waals surface area contributed by atoms with Crippen LogP contribution in [0.4, 0.5) is 4.39 Å². The lowest BCUT2D eigenvalue weighted by molar-refractivity contribution is -0.942. The standard InChI is InChI=1S/C23H25FN2O2/c1-2-14-25-23(27)22-13-12-21(28-22)17-26(15-18-6-4-3-5-7-18)16-19-8-10-20(24)11-9-19/h3-13H,2,14-17H2,1H3,(H,25,27)/p+1. The van der Waals surface area contributed by atoms with E-state index < -0.39 is 0 Å². The van der Waals surface area contributed by atoms with Crippen molar-refractivity contribution in [1.82, 2.24) is 5.32 Å². The molecule has 3 rings (SSSR count). The molecule has 1 amide bonds. The zero-order valence-corrected chi connectivity index (χ0v) is 16.1. The molecule has 0 aliphatic heterocycles. The molecular formula is C23H26FN2O2+. The Bertz CT molecular complexity index is 875. The summed E-state index contributed by atoms with van der Waals surface area (Å²) < 4.78 is 19.0. The third kappa shape index (κ3) is 5.79. The lowest BCUT2D eigenvalue weighted by Crippen LogP contribution is -3.08. The number of rotatable bonds is 9. The van der Waals surface area contributed by atoms with Crippen LogP contribution in [-0.2, 0) is 19.6 Å². The molecule has 1 unspecified atom stereocenters. The SMILES string of the molecule is CCCNC(=O)c1ccc(C[NH+](Cc2ccccc2)Cc2ccc(F)cc2)o1. The number of halogens is 1. The summed E-state index contributed by atoms with van der Waals surface area (Å²) in [5, 5.41) is 2.83. The average Bonchev–Trinajstić information content (AvgIpc) is 3.17. The summed E-state index contributed by atoms with van der Waals surface area (Å²) in [4.78, 5) is 13.3. The number of amides is 1. The zero-order valence-electron chi connectivity index (χ0n) is 16.1. The predicted octanol–water partition coefficient (Wildman–Crippen LogP) is 3.34. The Labute approximate surface area is 165 Å². The van der Waals surface area contributed by atoms with Gasteiger partial charge in [-0.1, -0.05) is 49.4 Å². The number of furan rings is 1. The van der Waals surface area contributed by atoms with Gasteiger partial charge in [0.1, 0.15) is 25.5 Å². The Morgan fingerprint density at radius 2 is 1.61 bits per heavy atom. The van der Waals surface area contributed by atoms with Gasteiger partial charge in [0.05, 0.1) is 0 Å². The highest BCUT2D eigenvalue weighted by atomic mass is 19.1. The van der Waals surface area contributed by atoms with Gasteiger partial charge < -0.3 is 14.6 Å². The molecule has 1 atom stereocenters. The first-order valence-electron chi connectivity index (χ1n) is 9.63. The summed E-state index contributed by atoms with van der Waals surface area (Å²) >= 11 is 0. The van der Waals surface area contributed by atoms with E-state index in [0.29, 0.717) is 18.8 Å². The fourth-order valence-corrected chi connectivity index (χ4v) is 3.13. The van der Waals surface area contributed by atoms with Crippen molar-refractivity contribution in [2.45, 2.75) is 33.0 Å². The van der Waals surface area contributed by atoms with Crippen LogP contribution in [0.2, 0.25) is 0 Å². The van der Waals surface area contributed by atoms with Crippen LogP contribution >= 0.6 is 0 Å². The number of carbonyl (C=O) groups is 1. The summed E-state index contributed by atoms with van der Waals surface area (Å²) in [6.07, 6.45) is 0.881. The van der Waals surface area contributed by atoms with Crippen LogP contribution in [0.15, 0.2) is 71.1 Å². The van der Waals surface area contributed by atoms with Crippen LogP contribution in [0.25, 0.3) is 0 Å². The van der Waals surface area contributed by atoms with Crippen LogP contribution < -0.4 is 10.2 Å². The maximum absolute atomic E-state index is 13.2. The Balaban J connectivity index is 1.72. The molecule has 4 nitrogen and oxygen atoms in total. The monoisotopic (exact) mass is 381 g/mol. The van der Waals surface area contributed by atoms with E-state index in [1.54, 1.807) is 6.07 Å². The Morgan fingerprint density at radius 1 is 0.929 bits per heavy atom. The van der Waals surface area contributed by atoms with Gasteiger partial charge in [-0.05, 0) is 30.7 Å². The van der Waals surface area contributed by atoms with Crippen LogP contribution in [0.3, 0.4) is 0 Å². The van der Waals surface area contributed by atoms with E-state index in [2.05, 4.69) is 17.4 Å². The third-order valence-electron chi connectivity index (χ3n) is 4.51.